The highest BCUT2D eigenvalue weighted by Gasteiger charge is 2.10. The van der Waals surface area contributed by atoms with Crippen molar-refractivity contribution < 1.29 is 9.84 Å². The van der Waals surface area contributed by atoms with E-state index in [1.54, 1.807) is 36.9 Å². The van der Waals surface area contributed by atoms with Gasteiger partial charge in [-0.25, -0.2) is 4.98 Å². The summed E-state index contributed by atoms with van der Waals surface area (Å²) in [6, 6.07) is 4.97. The smallest absolute Gasteiger partial charge is 0.146 e. The van der Waals surface area contributed by atoms with Gasteiger partial charge in [0.25, 0.3) is 0 Å². The Bertz CT molecular complexity index is 723. The Kier molecular flexibility index (Phi) is 2.75. The first-order valence-electron chi connectivity index (χ1n) is 5.89. The fourth-order valence-corrected chi connectivity index (χ4v) is 1.94. The van der Waals surface area contributed by atoms with Crippen LogP contribution in [0.3, 0.4) is 0 Å². The van der Waals surface area contributed by atoms with Gasteiger partial charge >= 0.3 is 0 Å². The van der Waals surface area contributed by atoms with Crippen LogP contribution < -0.4 is 4.74 Å². The van der Waals surface area contributed by atoms with Crippen LogP contribution >= 0.6 is 0 Å². The lowest BCUT2D eigenvalue weighted by Crippen LogP contribution is -1.99. The van der Waals surface area contributed by atoms with Crippen LogP contribution in [0.4, 0.5) is 0 Å². The lowest BCUT2D eigenvalue weighted by Gasteiger charge is -2.11. The predicted octanol–water partition coefficient (Wildman–Crippen LogP) is 1.92. The second-order valence-electron chi connectivity index (χ2n) is 3.96. The largest absolute Gasteiger partial charge is 0.508 e. The number of phenolic OH excluding ortho intramolecular Hbond substituents is 1. The summed E-state index contributed by atoms with van der Waals surface area (Å²) in [4.78, 5) is 4.26. The van der Waals surface area contributed by atoms with Gasteiger partial charge in [-0.1, -0.05) is 0 Å². The summed E-state index contributed by atoms with van der Waals surface area (Å²) in [5.74, 6) is 0.759. The van der Waals surface area contributed by atoms with Crippen molar-refractivity contribution in [3.63, 3.8) is 0 Å². The van der Waals surface area contributed by atoms with Gasteiger partial charge in [0.15, 0.2) is 0 Å². The highest BCUT2D eigenvalue weighted by atomic mass is 16.5. The van der Waals surface area contributed by atoms with Crippen LogP contribution in [0.25, 0.3) is 16.7 Å². The fourth-order valence-electron chi connectivity index (χ4n) is 1.94. The first-order chi connectivity index (χ1) is 9.29. The molecule has 0 amide bonds. The van der Waals surface area contributed by atoms with Gasteiger partial charge in [0, 0.05) is 6.07 Å². The molecule has 1 N–H and O–H groups in total. The predicted molar refractivity (Wildman–Crippen MR) is 69.5 cm³/mol. The Morgan fingerprint density at radius 1 is 1.26 bits per heavy atom. The first-order valence-corrected chi connectivity index (χ1v) is 5.89. The van der Waals surface area contributed by atoms with Crippen molar-refractivity contribution in [2.45, 2.75) is 6.92 Å². The molecule has 0 aliphatic carbocycles. The van der Waals surface area contributed by atoms with E-state index in [2.05, 4.69) is 15.2 Å². The molecule has 96 valence electrons. The zero-order valence-electron chi connectivity index (χ0n) is 10.3. The molecule has 3 rings (SSSR count). The molecule has 0 fully saturated rings. The van der Waals surface area contributed by atoms with Crippen molar-refractivity contribution in [3.05, 3.63) is 36.9 Å². The molecule has 0 atom stereocenters. The van der Waals surface area contributed by atoms with Gasteiger partial charge in [-0.05, 0) is 19.1 Å². The lowest BCUT2D eigenvalue weighted by molar-refractivity contribution is 0.336. The number of hydrogen-bond donors (Lipinski definition) is 1. The Morgan fingerprint density at radius 3 is 2.95 bits per heavy atom. The molecule has 0 saturated carbocycles. The zero-order chi connectivity index (χ0) is 13.2. The molecule has 3 aromatic rings. The zero-order valence-corrected chi connectivity index (χ0v) is 10.3. The first kappa shape index (κ1) is 11.5. The summed E-state index contributed by atoms with van der Waals surface area (Å²) in [7, 11) is 0. The van der Waals surface area contributed by atoms with Gasteiger partial charge in [-0.15, -0.1) is 0 Å². The molecular weight excluding hydrogens is 244 g/mol. The third-order valence-corrected chi connectivity index (χ3v) is 2.76. The minimum Gasteiger partial charge on any atom is -0.508 e. The minimum absolute atomic E-state index is 0.163. The Labute approximate surface area is 109 Å². The number of rotatable bonds is 3. The van der Waals surface area contributed by atoms with E-state index in [9.17, 15) is 5.11 Å². The summed E-state index contributed by atoms with van der Waals surface area (Å²) >= 11 is 0. The normalized spacial score (nSPS) is 10.8. The van der Waals surface area contributed by atoms with E-state index < -0.39 is 0 Å². The third kappa shape index (κ3) is 1.97. The van der Waals surface area contributed by atoms with Crippen molar-refractivity contribution in [2.24, 2.45) is 0 Å². The SMILES string of the molecule is CCOc1cc(O)ccc1-n1cnc2cnncc21. The summed E-state index contributed by atoms with van der Waals surface area (Å²) in [5, 5.41) is 17.2. The minimum atomic E-state index is 0.163. The number of phenols is 1. The Morgan fingerprint density at radius 2 is 2.11 bits per heavy atom. The summed E-state index contributed by atoms with van der Waals surface area (Å²) in [6.45, 7) is 2.41. The second kappa shape index (κ2) is 4.56. The molecule has 0 unspecified atom stereocenters. The molecule has 0 spiro atoms. The van der Waals surface area contributed by atoms with Crippen LogP contribution in [-0.4, -0.2) is 31.5 Å². The number of imidazole rings is 1. The standard InChI is InChI=1S/C13H12N4O2/c1-2-19-13-5-9(18)3-4-11(13)17-8-14-10-6-15-16-7-12(10)17/h3-8,18H,2H2,1H3. The van der Waals surface area contributed by atoms with E-state index >= 15 is 0 Å². The maximum atomic E-state index is 9.55. The van der Waals surface area contributed by atoms with E-state index in [-0.39, 0.29) is 5.75 Å². The number of fused-ring (bicyclic) bond motifs is 1. The van der Waals surface area contributed by atoms with Crippen LogP contribution in [0, 0.1) is 0 Å². The van der Waals surface area contributed by atoms with Gasteiger partial charge in [0.05, 0.1) is 30.2 Å². The third-order valence-electron chi connectivity index (χ3n) is 2.76. The van der Waals surface area contributed by atoms with Crippen molar-refractivity contribution in [1.29, 1.82) is 0 Å². The number of nitrogens with zero attached hydrogens (tertiary/aromatic N) is 4. The molecule has 0 aliphatic rings. The van der Waals surface area contributed by atoms with Crippen LogP contribution in [0.5, 0.6) is 11.5 Å². The molecule has 6 heteroatoms. The average Bonchev–Trinajstić information content (AvgIpc) is 2.83. The number of aromatic hydroxyl groups is 1. The van der Waals surface area contributed by atoms with Crippen molar-refractivity contribution in [1.82, 2.24) is 19.7 Å². The fraction of sp³-hybridized carbons (Fsp3) is 0.154. The van der Waals surface area contributed by atoms with Gasteiger partial charge in [0.1, 0.15) is 23.3 Å². The molecule has 19 heavy (non-hydrogen) atoms. The van der Waals surface area contributed by atoms with Crippen molar-refractivity contribution >= 4 is 11.0 Å². The number of ether oxygens (including phenoxy) is 1. The average molecular weight is 256 g/mol. The van der Waals surface area contributed by atoms with Crippen LogP contribution in [-0.2, 0) is 0 Å². The molecule has 1 aromatic carbocycles. The summed E-state index contributed by atoms with van der Waals surface area (Å²) < 4.78 is 7.40. The molecule has 0 saturated heterocycles. The molecule has 2 aromatic heterocycles. The van der Waals surface area contributed by atoms with Crippen molar-refractivity contribution in [2.75, 3.05) is 6.61 Å². The number of aromatic nitrogens is 4. The van der Waals surface area contributed by atoms with E-state index in [4.69, 9.17) is 4.74 Å². The number of benzene rings is 1. The highest BCUT2D eigenvalue weighted by molar-refractivity contribution is 5.76. The van der Waals surface area contributed by atoms with E-state index in [0.29, 0.717) is 12.4 Å². The quantitative estimate of drug-likeness (QED) is 0.775. The summed E-state index contributed by atoms with van der Waals surface area (Å²) in [5.41, 5.74) is 2.39. The van der Waals surface area contributed by atoms with Gasteiger partial charge in [-0.3, -0.25) is 4.57 Å². The molecule has 0 aliphatic heterocycles. The van der Waals surface area contributed by atoms with Crippen LogP contribution in [0.1, 0.15) is 6.92 Å². The molecule has 6 nitrogen and oxygen atoms in total. The Balaban J connectivity index is 2.21. The van der Waals surface area contributed by atoms with Crippen molar-refractivity contribution in [3.8, 4) is 17.2 Å². The van der Waals surface area contributed by atoms with Gasteiger partial charge in [0.2, 0.25) is 0 Å². The van der Waals surface area contributed by atoms with Crippen LogP contribution in [0.15, 0.2) is 36.9 Å². The maximum Gasteiger partial charge on any atom is 0.146 e. The number of hydrogen-bond acceptors (Lipinski definition) is 5. The molecule has 0 bridgehead atoms. The van der Waals surface area contributed by atoms with E-state index in [1.165, 1.54) is 0 Å². The van der Waals surface area contributed by atoms with Gasteiger partial charge in [-0.2, -0.15) is 10.2 Å². The maximum absolute atomic E-state index is 9.55. The molecule has 0 radical (unpaired) electrons. The Hall–Kier alpha value is -2.63. The van der Waals surface area contributed by atoms with Gasteiger partial charge < -0.3 is 9.84 Å². The van der Waals surface area contributed by atoms with E-state index in [1.807, 2.05) is 11.5 Å². The summed E-state index contributed by atoms with van der Waals surface area (Å²) in [6.07, 6.45) is 4.93. The van der Waals surface area contributed by atoms with E-state index in [0.717, 1.165) is 16.7 Å². The monoisotopic (exact) mass is 256 g/mol. The van der Waals surface area contributed by atoms with Crippen LogP contribution in [0.2, 0.25) is 0 Å². The molecule has 2 heterocycles. The highest BCUT2D eigenvalue weighted by Crippen LogP contribution is 2.29. The second-order valence-corrected chi connectivity index (χ2v) is 3.96. The topological polar surface area (TPSA) is 73.1 Å². The molecular formula is C13H12N4O2. The lowest BCUT2D eigenvalue weighted by atomic mass is 10.2.